The number of hydrogen-bond donors (Lipinski definition) is 2. The summed E-state index contributed by atoms with van der Waals surface area (Å²) in [6, 6.07) is 4.61. The molecule has 14 heavy (non-hydrogen) atoms. The molecule has 76 valence electrons. The van der Waals surface area contributed by atoms with Gasteiger partial charge in [-0.1, -0.05) is 6.07 Å². The molecule has 0 saturated heterocycles. The quantitative estimate of drug-likeness (QED) is 0.569. The van der Waals surface area contributed by atoms with Crippen LogP contribution in [0.5, 0.6) is 0 Å². The summed E-state index contributed by atoms with van der Waals surface area (Å²) in [6.45, 7) is 1.57. The molecule has 0 radical (unpaired) electrons. The lowest BCUT2D eigenvalue weighted by Crippen LogP contribution is -1.99. The molecule has 1 atom stereocenters. The van der Waals surface area contributed by atoms with Gasteiger partial charge in [-0.05, 0) is 18.6 Å². The monoisotopic (exact) mass is 196 g/mol. The van der Waals surface area contributed by atoms with Crippen molar-refractivity contribution in [3.8, 4) is 0 Å². The minimum absolute atomic E-state index is 0.0223. The average molecular weight is 196 g/mol. The molecule has 0 fully saturated rings. The molecule has 5 nitrogen and oxygen atoms in total. The maximum Gasteiger partial charge on any atom is 0.292 e. The van der Waals surface area contributed by atoms with Crippen molar-refractivity contribution >= 4 is 11.4 Å². The third-order valence-electron chi connectivity index (χ3n) is 1.97. The van der Waals surface area contributed by atoms with Crippen LogP contribution in [0.2, 0.25) is 0 Å². The van der Waals surface area contributed by atoms with Gasteiger partial charge in [0.25, 0.3) is 5.69 Å². The highest BCUT2D eigenvalue weighted by molar-refractivity contribution is 5.62. The summed E-state index contributed by atoms with van der Waals surface area (Å²) in [5.74, 6) is 0. The number of hydrogen-bond acceptors (Lipinski definition) is 4. The van der Waals surface area contributed by atoms with E-state index in [0.29, 0.717) is 11.3 Å². The first-order valence-electron chi connectivity index (χ1n) is 4.20. The van der Waals surface area contributed by atoms with Crippen molar-refractivity contribution in [3.63, 3.8) is 0 Å². The SMILES string of the molecule is CNc1ccc(C(C)O)cc1[N+](=O)[O-]. The van der Waals surface area contributed by atoms with Crippen molar-refractivity contribution < 1.29 is 10.0 Å². The van der Waals surface area contributed by atoms with Crippen molar-refractivity contribution in [2.24, 2.45) is 0 Å². The molecule has 5 heteroatoms. The Hall–Kier alpha value is -1.62. The molecular weight excluding hydrogens is 184 g/mol. The fraction of sp³-hybridized carbons (Fsp3) is 0.333. The molecule has 0 saturated carbocycles. The summed E-state index contributed by atoms with van der Waals surface area (Å²) in [6.07, 6.45) is -0.695. The predicted octanol–water partition coefficient (Wildman–Crippen LogP) is 1.69. The van der Waals surface area contributed by atoms with Crippen LogP contribution >= 0.6 is 0 Å². The van der Waals surface area contributed by atoms with Gasteiger partial charge in [0.2, 0.25) is 0 Å². The zero-order valence-corrected chi connectivity index (χ0v) is 8.02. The molecule has 0 aliphatic heterocycles. The van der Waals surface area contributed by atoms with Crippen molar-refractivity contribution in [1.82, 2.24) is 0 Å². The second-order valence-corrected chi connectivity index (χ2v) is 2.96. The first-order valence-corrected chi connectivity index (χ1v) is 4.20. The Bertz CT molecular complexity index is 350. The van der Waals surface area contributed by atoms with E-state index in [9.17, 15) is 15.2 Å². The van der Waals surface area contributed by atoms with Gasteiger partial charge in [-0.2, -0.15) is 0 Å². The van der Waals surface area contributed by atoms with Crippen molar-refractivity contribution in [2.75, 3.05) is 12.4 Å². The Morgan fingerprint density at radius 1 is 1.57 bits per heavy atom. The van der Waals surface area contributed by atoms with Gasteiger partial charge >= 0.3 is 0 Å². The topological polar surface area (TPSA) is 75.4 Å². The Morgan fingerprint density at radius 3 is 2.64 bits per heavy atom. The number of aliphatic hydroxyl groups is 1. The van der Waals surface area contributed by atoms with Crippen LogP contribution in [0.15, 0.2) is 18.2 Å². The van der Waals surface area contributed by atoms with Gasteiger partial charge < -0.3 is 10.4 Å². The standard InChI is InChI=1S/C9H12N2O3/c1-6(12)7-3-4-8(10-2)9(5-7)11(13)14/h3-6,10,12H,1-2H3. The van der Waals surface area contributed by atoms with Crippen molar-refractivity contribution in [3.05, 3.63) is 33.9 Å². The van der Waals surface area contributed by atoms with Crippen LogP contribution in [0.3, 0.4) is 0 Å². The van der Waals surface area contributed by atoms with E-state index in [2.05, 4.69) is 5.32 Å². The number of aliphatic hydroxyl groups excluding tert-OH is 1. The molecule has 0 aromatic heterocycles. The van der Waals surface area contributed by atoms with Crippen LogP contribution < -0.4 is 5.32 Å². The summed E-state index contributed by atoms with van der Waals surface area (Å²) >= 11 is 0. The molecular formula is C9H12N2O3. The largest absolute Gasteiger partial charge is 0.389 e. The number of nitro groups is 1. The predicted molar refractivity (Wildman–Crippen MR) is 53.3 cm³/mol. The molecule has 1 unspecified atom stereocenters. The molecule has 0 aliphatic carbocycles. The molecule has 0 amide bonds. The van der Waals surface area contributed by atoms with Gasteiger partial charge in [0.1, 0.15) is 5.69 Å². The lowest BCUT2D eigenvalue weighted by molar-refractivity contribution is -0.384. The maximum atomic E-state index is 10.6. The number of nitro benzene ring substituents is 1. The van der Waals surface area contributed by atoms with Gasteiger partial charge in [0.15, 0.2) is 0 Å². The Balaban J connectivity index is 3.21. The number of rotatable bonds is 3. The minimum atomic E-state index is -0.695. The minimum Gasteiger partial charge on any atom is -0.389 e. The summed E-state index contributed by atoms with van der Waals surface area (Å²) in [4.78, 5) is 10.2. The van der Waals surface area contributed by atoms with Crippen LogP contribution in [-0.4, -0.2) is 17.1 Å². The normalized spacial score (nSPS) is 12.2. The highest BCUT2D eigenvalue weighted by atomic mass is 16.6. The second kappa shape index (κ2) is 4.06. The van der Waals surface area contributed by atoms with E-state index in [1.807, 2.05) is 0 Å². The van der Waals surface area contributed by atoms with E-state index in [0.717, 1.165) is 0 Å². The molecule has 0 bridgehead atoms. The summed E-state index contributed by atoms with van der Waals surface area (Å²) in [7, 11) is 1.62. The highest BCUT2D eigenvalue weighted by Gasteiger charge is 2.14. The summed E-state index contributed by atoms with van der Waals surface area (Å²) in [5, 5.41) is 22.6. The molecule has 1 aromatic carbocycles. The van der Waals surface area contributed by atoms with Crippen LogP contribution in [0, 0.1) is 10.1 Å². The maximum absolute atomic E-state index is 10.6. The number of nitrogens with zero attached hydrogens (tertiary/aromatic N) is 1. The number of anilines is 1. The van der Waals surface area contributed by atoms with E-state index in [1.54, 1.807) is 26.1 Å². The fourth-order valence-corrected chi connectivity index (χ4v) is 1.17. The smallest absolute Gasteiger partial charge is 0.292 e. The highest BCUT2D eigenvalue weighted by Crippen LogP contribution is 2.27. The van der Waals surface area contributed by atoms with Crippen molar-refractivity contribution in [2.45, 2.75) is 13.0 Å². The second-order valence-electron chi connectivity index (χ2n) is 2.96. The zero-order valence-electron chi connectivity index (χ0n) is 8.02. The van der Waals surface area contributed by atoms with E-state index in [1.165, 1.54) is 6.07 Å². The molecule has 0 heterocycles. The lowest BCUT2D eigenvalue weighted by atomic mass is 10.1. The third kappa shape index (κ3) is 2.00. The third-order valence-corrected chi connectivity index (χ3v) is 1.97. The van der Waals surface area contributed by atoms with E-state index in [4.69, 9.17) is 0 Å². The van der Waals surface area contributed by atoms with Crippen LogP contribution in [0.25, 0.3) is 0 Å². The van der Waals surface area contributed by atoms with Gasteiger partial charge in [0, 0.05) is 13.1 Å². The number of nitrogens with one attached hydrogen (secondary N) is 1. The first kappa shape index (κ1) is 10.5. The molecule has 1 aromatic rings. The Labute approximate surface area is 81.5 Å². The summed E-state index contributed by atoms with van der Waals surface area (Å²) < 4.78 is 0. The first-order chi connectivity index (χ1) is 6.56. The van der Waals surface area contributed by atoms with Crippen LogP contribution in [-0.2, 0) is 0 Å². The average Bonchev–Trinajstić information content (AvgIpc) is 2.16. The zero-order chi connectivity index (χ0) is 10.7. The molecule has 0 spiro atoms. The van der Waals surface area contributed by atoms with E-state index >= 15 is 0 Å². The number of benzene rings is 1. The molecule has 1 rings (SSSR count). The summed E-state index contributed by atoms with van der Waals surface area (Å²) in [5.41, 5.74) is 0.959. The lowest BCUT2D eigenvalue weighted by Gasteiger charge is -2.06. The van der Waals surface area contributed by atoms with Gasteiger partial charge in [-0.3, -0.25) is 10.1 Å². The fourth-order valence-electron chi connectivity index (χ4n) is 1.17. The van der Waals surface area contributed by atoms with E-state index in [-0.39, 0.29) is 5.69 Å². The van der Waals surface area contributed by atoms with Crippen molar-refractivity contribution in [1.29, 1.82) is 0 Å². The van der Waals surface area contributed by atoms with Gasteiger partial charge in [-0.15, -0.1) is 0 Å². The Morgan fingerprint density at radius 2 is 2.21 bits per heavy atom. The van der Waals surface area contributed by atoms with E-state index < -0.39 is 11.0 Å². The molecule has 2 N–H and O–H groups in total. The van der Waals surface area contributed by atoms with Gasteiger partial charge in [-0.25, -0.2) is 0 Å². The molecule has 0 aliphatic rings. The Kier molecular flexibility index (Phi) is 3.03. The van der Waals surface area contributed by atoms with Gasteiger partial charge in [0.05, 0.1) is 11.0 Å². The van der Waals surface area contributed by atoms with Crippen LogP contribution in [0.1, 0.15) is 18.6 Å². The van der Waals surface area contributed by atoms with Crippen LogP contribution in [0.4, 0.5) is 11.4 Å².